The average Bonchev–Trinajstić information content (AvgIpc) is 2.82. The van der Waals surface area contributed by atoms with E-state index in [1.165, 1.54) is 0 Å². The van der Waals surface area contributed by atoms with E-state index in [0.717, 1.165) is 17.5 Å². The quantitative estimate of drug-likeness (QED) is 0.440. The lowest BCUT2D eigenvalue weighted by atomic mass is 10.0. The fourth-order valence-electron chi connectivity index (χ4n) is 3.83. The summed E-state index contributed by atoms with van der Waals surface area (Å²) in [6, 6.07) is 26.9. The summed E-state index contributed by atoms with van der Waals surface area (Å²) in [5, 5.41) is 3.87. The first-order valence-electron chi connectivity index (χ1n) is 10.3. The molecule has 0 aliphatic heterocycles. The summed E-state index contributed by atoms with van der Waals surface area (Å²) < 4.78 is 12.9. The molecule has 0 fully saturated rings. The maximum absolute atomic E-state index is 13.6. The maximum Gasteiger partial charge on any atom is 0.253 e. The zero-order valence-corrected chi connectivity index (χ0v) is 18.4. The number of hydrogen-bond acceptors (Lipinski definition) is 3. The van der Waals surface area contributed by atoms with E-state index in [1.54, 1.807) is 6.26 Å². The lowest BCUT2D eigenvalue weighted by Crippen LogP contribution is -2.29. The van der Waals surface area contributed by atoms with Crippen molar-refractivity contribution in [1.29, 1.82) is 0 Å². The molecule has 1 N–H and O–H groups in total. The Morgan fingerprint density at radius 2 is 1.55 bits per heavy atom. The van der Waals surface area contributed by atoms with Crippen LogP contribution in [-0.4, -0.2) is 21.4 Å². The highest BCUT2D eigenvalue weighted by Crippen LogP contribution is 2.33. The van der Waals surface area contributed by atoms with Crippen LogP contribution in [0.2, 0.25) is 0 Å². The number of fused-ring (bicyclic) bond motifs is 1. The summed E-state index contributed by atoms with van der Waals surface area (Å²) in [6.07, 6.45) is 2.35. The summed E-state index contributed by atoms with van der Waals surface area (Å²) in [5.74, 6) is -0.239. The smallest absolute Gasteiger partial charge is 0.253 e. The molecule has 0 aliphatic rings. The molecular weight excluding hydrogens is 404 g/mol. The normalized spacial score (nSPS) is 13.0. The Kier molecular flexibility index (Phi) is 6.23. The molecule has 0 spiro atoms. The number of nitrogens with one attached hydrogen (secondary N) is 1. The lowest BCUT2D eigenvalue weighted by molar-refractivity contribution is 0.0934. The molecule has 0 radical (unpaired) electrons. The molecule has 1 aromatic heterocycles. The van der Waals surface area contributed by atoms with Crippen molar-refractivity contribution < 1.29 is 9.00 Å². The van der Waals surface area contributed by atoms with Gasteiger partial charge in [-0.25, -0.2) is 4.98 Å². The Balaban J connectivity index is 1.90. The third-order valence-corrected chi connectivity index (χ3v) is 6.30. The molecule has 1 amide bonds. The summed E-state index contributed by atoms with van der Waals surface area (Å²) >= 11 is 0. The van der Waals surface area contributed by atoms with Gasteiger partial charge in [-0.3, -0.25) is 9.00 Å². The zero-order chi connectivity index (χ0) is 21.8. The highest BCUT2D eigenvalue weighted by Gasteiger charge is 2.25. The van der Waals surface area contributed by atoms with Crippen molar-refractivity contribution in [2.24, 2.45) is 0 Å². The van der Waals surface area contributed by atoms with Gasteiger partial charge in [-0.05, 0) is 18.1 Å². The van der Waals surface area contributed by atoms with Crippen LogP contribution >= 0.6 is 0 Å². The molecule has 5 heteroatoms. The Labute approximate surface area is 184 Å². The second-order valence-corrected chi connectivity index (χ2v) is 8.66. The van der Waals surface area contributed by atoms with Gasteiger partial charge in [0, 0.05) is 17.2 Å². The fourth-order valence-corrected chi connectivity index (χ4v) is 4.75. The van der Waals surface area contributed by atoms with Crippen molar-refractivity contribution in [3.8, 4) is 11.3 Å². The van der Waals surface area contributed by atoms with Crippen molar-refractivity contribution in [3.05, 3.63) is 96.1 Å². The van der Waals surface area contributed by atoms with Gasteiger partial charge in [0.25, 0.3) is 5.91 Å². The minimum atomic E-state index is -1.41. The first kappa shape index (κ1) is 20.9. The van der Waals surface area contributed by atoms with Crippen LogP contribution in [-0.2, 0) is 10.8 Å². The van der Waals surface area contributed by atoms with Gasteiger partial charge in [0.05, 0.1) is 38.5 Å². The number of amides is 1. The Hall–Kier alpha value is -3.31. The van der Waals surface area contributed by atoms with Crippen molar-refractivity contribution in [2.75, 3.05) is 6.26 Å². The van der Waals surface area contributed by atoms with Crippen LogP contribution in [0.15, 0.2) is 89.8 Å². The lowest BCUT2D eigenvalue weighted by Gasteiger charge is -2.20. The molecule has 0 saturated carbocycles. The fraction of sp³-hybridized carbons (Fsp3) is 0.154. The largest absolute Gasteiger partial charge is 0.345 e. The number of carbonyl (C=O) groups excluding carboxylic acids is 1. The molecular formula is C26H24N2O2S. The predicted molar refractivity (Wildman–Crippen MR) is 126 cm³/mol. The molecule has 3 aromatic carbocycles. The van der Waals surface area contributed by atoms with Gasteiger partial charge in [0.2, 0.25) is 0 Å². The summed E-state index contributed by atoms with van der Waals surface area (Å²) in [7, 11) is -1.41. The SMILES string of the molecule is CC[C@H](NC(=O)c1c(S(C)=O)c(-c2ccccc2)nc2ccccc12)c1ccccc1. The summed E-state index contributed by atoms with van der Waals surface area (Å²) in [6.45, 7) is 2.04. The molecule has 31 heavy (non-hydrogen) atoms. The predicted octanol–water partition coefficient (Wildman–Crippen LogP) is 5.52. The number of carbonyl (C=O) groups is 1. The number of benzene rings is 3. The van der Waals surface area contributed by atoms with Crippen molar-refractivity contribution >= 4 is 27.6 Å². The minimum Gasteiger partial charge on any atom is -0.345 e. The van der Waals surface area contributed by atoms with E-state index in [-0.39, 0.29) is 11.9 Å². The van der Waals surface area contributed by atoms with Crippen LogP contribution < -0.4 is 5.32 Å². The summed E-state index contributed by atoms with van der Waals surface area (Å²) in [5.41, 5.74) is 3.59. The van der Waals surface area contributed by atoms with Gasteiger partial charge >= 0.3 is 0 Å². The zero-order valence-electron chi connectivity index (χ0n) is 17.5. The second-order valence-electron chi connectivity index (χ2n) is 7.35. The molecule has 0 bridgehead atoms. The number of rotatable bonds is 6. The molecule has 1 heterocycles. The first-order valence-corrected chi connectivity index (χ1v) is 11.8. The van der Waals surface area contributed by atoms with Crippen molar-refractivity contribution in [1.82, 2.24) is 10.3 Å². The van der Waals surface area contributed by atoms with Crippen LogP contribution in [0.5, 0.6) is 0 Å². The molecule has 4 nitrogen and oxygen atoms in total. The Morgan fingerprint density at radius 3 is 2.19 bits per heavy atom. The molecule has 0 aliphatic carbocycles. The maximum atomic E-state index is 13.6. The molecule has 0 saturated heterocycles. The molecule has 2 atom stereocenters. The van der Waals surface area contributed by atoms with Crippen LogP contribution in [0, 0.1) is 0 Å². The van der Waals surface area contributed by atoms with Gasteiger partial charge in [0.1, 0.15) is 0 Å². The highest BCUT2D eigenvalue weighted by atomic mass is 32.2. The van der Waals surface area contributed by atoms with E-state index in [1.807, 2.05) is 91.9 Å². The van der Waals surface area contributed by atoms with Crippen molar-refractivity contribution in [3.63, 3.8) is 0 Å². The third kappa shape index (κ3) is 4.28. The van der Waals surface area contributed by atoms with Crippen LogP contribution in [0.4, 0.5) is 0 Å². The van der Waals surface area contributed by atoms with E-state index in [9.17, 15) is 9.00 Å². The van der Waals surface area contributed by atoms with Crippen LogP contribution in [0.1, 0.15) is 35.3 Å². The van der Waals surface area contributed by atoms with E-state index < -0.39 is 10.8 Å². The van der Waals surface area contributed by atoms with E-state index in [2.05, 4.69) is 5.32 Å². The third-order valence-electron chi connectivity index (χ3n) is 5.33. The number of pyridine rings is 1. The Morgan fingerprint density at radius 1 is 0.935 bits per heavy atom. The van der Waals surface area contributed by atoms with Crippen LogP contribution in [0.25, 0.3) is 22.2 Å². The topological polar surface area (TPSA) is 59.1 Å². The van der Waals surface area contributed by atoms with Crippen LogP contribution in [0.3, 0.4) is 0 Å². The van der Waals surface area contributed by atoms with Gasteiger partial charge < -0.3 is 5.32 Å². The molecule has 1 unspecified atom stereocenters. The van der Waals surface area contributed by atoms with Gasteiger partial charge in [-0.2, -0.15) is 0 Å². The van der Waals surface area contributed by atoms with Gasteiger partial charge in [0.15, 0.2) is 0 Å². The number of hydrogen-bond donors (Lipinski definition) is 1. The molecule has 156 valence electrons. The molecule has 4 aromatic rings. The van der Waals surface area contributed by atoms with Gasteiger partial charge in [-0.15, -0.1) is 0 Å². The number of aromatic nitrogens is 1. The van der Waals surface area contributed by atoms with E-state index >= 15 is 0 Å². The standard InChI is InChI=1S/C26H24N2O2S/c1-3-21(18-12-6-4-7-13-18)28-26(29)23-20-16-10-11-17-22(20)27-24(25(23)31(2)30)19-14-8-5-9-15-19/h4-17,21H,3H2,1-2H3,(H,28,29)/t21-,31?/m0/s1. The monoisotopic (exact) mass is 428 g/mol. The first-order chi connectivity index (χ1) is 15.1. The number of para-hydroxylation sites is 1. The highest BCUT2D eigenvalue weighted by molar-refractivity contribution is 7.84. The number of nitrogens with zero attached hydrogens (tertiary/aromatic N) is 1. The van der Waals surface area contributed by atoms with E-state index in [0.29, 0.717) is 27.1 Å². The Bertz CT molecular complexity index is 1240. The summed E-state index contributed by atoms with van der Waals surface area (Å²) in [4.78, 5) is 18.9. The second kappa shape index (κ2) is 9.23. The average molecular weight is 429 g/mol. The van der Waals surface area contributed by atoms with Gasteiger partial charge in [-0.1, -0.05) is 85.8 Å². The minimum absolute atomic E-state index is 0.140. The molecule has 4 rings (SSSR count). The van der Waals surface area contributed by atoms with E-state index in [4.69, 9.17) is 4.98 Å². The van der Waals surface area contributed by atoms with Crippen molar-refractivity contribution in [2.45, 2.75) is 24.3 Å².